The molecule has 33 heavy (non-hydrogen) atoms. The lowest BCUT2D eigenvalue weighted by atomic mass is 9.95. The number of thioether (sulfide) groups is 1. The van der Waals surface area contributed by atoms with Crippen LogP contribution < -0.4 is 4.74 Å². The molecule has 0 N–H and O–H groups in total. The minimum atomic E-state index is 0.195. The van der Waals surface area contributed by atoms with E-state index in [1.54, 1.807) is 18.4 Å². The van der Waals surface area contributed by atoms with Crippen molar-refractivity contribution in [3.8, 4) is 17.1 Å². The van der Waals surface area contributed by atoms with Crippen molar-refractivity contribution in [2.45, 2.75) is 62.2 Å². The predicted octanol–water partition coefficient (Wildman–Crippen LogP) is 5.98. The number of thiophene rings is 1. The lowest BCUT2D eigenvalue weighted by molar-refractivity contribution is -0.129. The molecule has 0 bridgehead atoms. The van der Waals surface area contributed by atoms with Gasteiger partial charge in [-0.2, -0.15) is 0 Å². The van der Waals surface area contributed by atoms with Gasteiger partial charge in [0, 0.05) is 23.0 Å². The number of methoxy groups -OCH3 is 1. The van der Waals surface area contributed by atoms with Crippen LogP contribution in [0.5, 0.6) is 5.75 Å². The molecule has 1 atom stereocenters. The smallest absolute Gasteiger partial charge is 0.233 e. The van der Waals surface area contributed by atoms with Gasteiger partial charge in [0.25, 0.3) is 0 Å². The Hall–Kier alpha value is -2.32. The van der Waals surface area contributed by atoms with Gasteiger partial charge in [0.05, 0.1) is 18.9 Å². The first-order valence-corrected chi connectivity index (χ1v) is 13.7. The molecule has 8 heteroatoms. The summed E-state index contributed by atoms with van der Waals surface area (Å²) in [6.07, 6.45) is 8.13. The molecule has 1 saturated heterocycles. The van der Waals surface area contributed by atoms with Crippen molar-refractivity contribution < 1.29 is 9.53 Å². The monoisotopic (exact) mass is 482 g/mol. The second-order valence-electron chi connectivity index (χ2n) is 8.75. The summed E-state index contributed by atoms with van der Waals surface area (Å²) in [7, 11) is 1.68. The molecule has 2 aromatic heterocycles. The number of benzene rings is 1. The Bertz CT molecular complexity index is 1060. The fourth-order valence-corrected chi connectivity index (χ4v) is 6.80. The standard InChI is InChI=1S/C25H30N4O2S2/c1-31-20-13-11-18(12-14-20)24-26-27-25(29(24)19-7-3-2-4-8-19)33-17-23(30)28-15-5-9-21(28)22-10-6-16-32-22/h6,10-14,16,19,21H,2-5,7-9,15,17H2,1H3. The molecule has 1 aromatic carbocycles. The largest absolute Gasteiger partial charge is 0.497 e. The Morgan fingerprint density at radius 2 is 1.91 bits per heavy atom. The molecule has 3 aromatic rings. The summed E-state index contributed by atoms with van der Waals surface area (Å²) in [4.78, 5) is 16.5. The van der Waals surface area contributed by atoms with Crippen molar-refractivity contribution in [3.63, 3.8) is 0 Å². The summed E-state index contributed by atoms with van der Waals surface area (Å²) < 4.78 is 7.61. The van der Waals surface area contributed by atoms with E-state index >= 15 is 0 Å². The summed E-state index contributed by atoms with van der Waals surface area (Å²) in [6.45, 7) is 0.842. The average Bonchev–Trinajstić information content (AvgIpc) is 3.63. The molecule has 1 aliphatic carbocycles. The van der Waals surface area contributed by atoms with Crippen LogP contribution in [0.3, 0.4) is 0 Å². The molecular formula is C25H30N4O2S2. The van der Waals surface area contributed by atoms with Gasteiger partial charge in [-0.15, -0.1) is 21.5 Å². The van der Waals surface area contributed by atoms with E-state index in [0.717, 1.165) is 54.5 Å². The van der Waals surface area contributed by atoms with E-state index in [1.165, 1.54) is 35.9 Å². The van der Waals surface area contributed by atoms with Crippen LogP contribution in [0.2, 0.25) is 0 Å². The second-order valence-corrected chi connectivity index (χ2v) is 10.7. The minimum Gasteiger partial charge on any atom is -0.497 e. The van der Waals surface area contributed by atoms with Crippen LogP contribution in [-0.4, -0.2) is 45.0 Å². The molecule has 1 amide bonds. The summed E-state index contributed by atoms with van der Waals surface area (Å²) in [5, 5.41) is 12.1. The quantitative estimate of drug-likeness (QED) is 0.388. The van der Waals surface area contributed by atoms with Crippen LogP contribution in [0.15, 0.2) is 46.9 Å². The van der Waals surface area contributed by atoms with Crippen molar-refractivity contribution in [1.82, 2.24) is 19.7 Å². The van der Waals surface area contributed by atoms with Gasteiger partial charge in [-0.25, -0.2) is 0 Å². The molecule has 1 saturated carbocycles. The summed E-state index contributed by atoms with van der Waals surface area (Å²) in [6, 6.07) is 12.8. The molecule has 1 aliphatic heterocycles. The van der Waals surface area contributed by atoms with Crippen molar-refractivity contribution in [2.24, 2.45) is 0 Å². The highest BCUT2D eigenvalue weighted by molar-refractivity contribution is 7.99. The zero-order valence-corrected chi connectivity index (χ0v) is 20.6. The normalized spacial score (nSPS) is 19.2. The maximum Gasteiger partial charge on any atom is 0.233 e. The topological polar surface area (TPSA) is 60.3 Å². The van der Waals surface area contributed by atoms with E-state index in [2.05, 4.69) is 37.2 Å². The van der Waals surface area contributed by atoms with Gasteiger partial charge in [0.2, 0.25) is 5.91 Å². The van der Waals surface area contributed by atoms with Gasteiger partial charge in [0.1, 0.15) is 5.75 Å². The highest BCUT2D eigenvalue weighted by atomic mass is 32.2. The third-order valence-electron chi connectivity index (χ3n) is 6.72. The maximum absolute atomic E-state index is 13.2. The number of carbonyl (C=O) groups is 1. The molecule has 174 valence electrons. The van der Waals surface area contributed by atoms with Gasteiger partial charge in [-0.1, -0.05) is 37.1 Å². The number of ether oxygens (including phenoxy) is 1. The second kappa shape index (κ2) is 10.3. The summed E-state index contributed by atoms with van der Waals surface area (Å²) in [5.74, 6) is 2.31. The lowest BCUT2D eigenvalue weighted by Crippen LogP contribution is -2.31. The van der Waals surface area contributed by atoms with Gasteiger partial charge in [0.15, 0.2) is 11.0 Å². The summed E-state index contributed by atoms with van der Waals surface area (Å²) in [5.41, 5.74) is 1.03. The van der Waals surface area contributed by atoms with E-state index < -0.39 is 0 Å². The Kier molecular flexibility index (Phi) is 7.02. The average molecular weight is 483 g/mol. The Morgan fingerprint density at radius 3 is 2.64 bits per heavy atom. The number of rotatable bonds is 7. The zero-order chi connectivity index (χ0) is 22.6. The van der Waals surface area contributed by atoms with E-state index in [-0.39, 0.29) is 11.9 Å². The van der Waals surface area contributed by atoms with Crippen molar-refractivity contribution >= 4 is 29.0 Å². The zero-order valence-electron chi connectivity index (χ0n) is 19.0. The van der Waals surface area contributed by atoms with Gasteiger partial charge in [-0.05, 0) is 61.4 Å². The molecule has 5 rings (SSSR count). The third kappa shape index (κ3) is 4.82. The number of likely N-dealkylation sites (tertiary alicyclic amines) is 1. The molecule has 2 aliphatic rings. The van der Waals surface area contributed by atoms with Crippen LogP contribution in [0.4, 0.5) is 0 Å². The van der Waals surface area contributed by atoms with Crippen molar-refractivity contribution in [1.29, 1.82) is 0 Å². The van der Waals surface area contributed by atoms with Crippen molar-refractivity contribution in [3.05, 3.63) is 46.7 Å². The molecule has 2 fully saturated rings. The van der Waals surface area contributed by atoms with Gasteiger partial charge in [-0.3, -0.25) is 9.36 Å². The first-order chi connectivity index (χ1) is 16.2. The Labute approximate surface area is 203 Å². The van der Waals surface area contributed by atoms with Crippen LogP contribution in [0.25, 0.3) is 11.4 Å². The minimum absolute atomic E-state index is 0.195. The number of nitrogens with zero attached hydrogens (tertiary/aromatic N) is 4. The third-order valence-corrected chi connectivity index (χ3v) is 8.62. The maximum atomic E-state index is 13.2. The highest BCUT2D eigenvalue weighted by Crippen LogP contribution is 2.38. The number of aromatic nitrogens is 3. The molecule has 0 radical (unpaired) electrons. The Morgan fingerprint density at radius 1 is 1.09 bits per heavy atom. The highest BCUT2D eigenvalue weighted by Gasteiger charge is 2.31. The number of amides is 1. The van der Waals surface area contributed by atoms with Crippen LogP contribution >= 0.6 is 23.1 Å². The number of hydrogen-bond acceptors (Lipinski definition) is 6. The first-order valence-electron chi connectivity index (χ1n) is 11.8. The first kappa shape index (κ1) is 22.5. The molecule has 1 unspecified atom stereocenters. The Balaban J connectivity index is 1.36. The molecule has 3 heterocycles. The van der Waals surface area contributed by atoms with Crippen molar-refractivity contribution in [2.75, 3.05) is 19.4 Å². The SMILES string of the molecule is COc1ccc(-c2nnc(SCC(=O)N3CCCC3c3cccs3)n2C2CCCCC2)cc1. The fourth-order valence-electron chi connectivity index (χ4n) is 5.03. The number of carbonyl (C=O) groups excluding carboxylic acids is 1. The van der Waals surface area contributed by atoms with E-state index in [1.807, 2.05) is 24.3 Å². The van der Waals surface area contributed by atoms with Crippen LogP contribution in [-0.2, 0) is 4.79 Å². The molecule has 6 nitrogen and oxygen atoms in total. The van der Waals surface area contributed by atoms with Crippen LogP contribution in [0.1, 0.15) is 61.9 Å². The lowest BCUT2D eigenvalue weighted by Gasteiger charge is -2.26. The van der Waals surface area contributed by atoms with Crippen LogP contribution in [0, 0.1) is 0 Å². The predicted molar refractivity (Wildman–Crippen MR) is 133 cm³/mol. The van der Waals surface area contributed by atoms with E-state index in [9.17, 15) is 4.79 Å². The van der Waals surface area contributed by atoms with Gasteiger partial charge >= 0.3 is 0 Å². The summed E-state index contributed by atoms with van der Waals surface area (Å²) >= 11 is 3.28. The molecular weight excluding hydrogens is 452 g/mol. The molecule has 0 spiro atoms. The fraction of sp³-hybridized carbons (Fsp3) is 0.480. The van der Waals surface area contributed by atoms with Gasteiger partial charge < -0.3 is 9.64 Å². The van der Waals surface area contributed by atoms with E-state index in [0.29, 0.717) is 11.8 Å². The number of hydrogen-bond donors (Lipinski definition) is 0. The van der Waals surface area contributed by atoms with E-state index in [4.69, 9.17) is 4.74 Å².